The molecule has 1 aliphatic heterocycles. The van der Waals surface area contributed by atoms with Gasteiger partial charge >= 0.3 is 0 Å². The lowest BCUT2D eigenvalue weighted by atomic mass is 9.82. The second-order valence-corrected chi connectivity index (χ2v) is 8.77. The highest BCUT2D eigenvalue weighted by Crippen LogP contribution is 2.47. The average Bonchev–Trinajstić information content (AvgIpc) is 2.75. The first-order valence-electron chi connectivity index (χ1n) is 7.28. The Morgan fingerprint density at radius 1 is 0.789 bits per heavy atom. The summed E-state index contributed by atoms with van der Waals surface area (Å²) in [4.78, 5) is 0. The molecule has 1 nitrogen and oxygen atoms in total. The van der Waals surface area contributed by atoms with Crippen LogP contribution in [0, 0.1) is 10.8 Å². The molecular formula is C16H30F2O. The van der Waals surface area contributed by atoms with Crippen LogP contribution in [0.2, 0.25) is 0 Å². The summed E-state index contributed by atoms with van der Waals surface area (Å²) in [6, 6.07) is 0. The third-order valence-corrected chi connectivity index (χ3v) is 3.21. The van der Waals surface area contributed by atoms with Crippen molar-refractivity contribution in [3.63, 3.8) is 0 Å². The van der Waals surface area contributed by atoms with Crippen LogP contribution in [0.1, 0.15) is 67.2 Å². The smallest absolute Gasteiger partial charge is 0.157 e. The fraction of sp³-hybridized carbons (Fsp3) is 1.00. The van der Waals surface area contributed by atoms with Crippen molar-refractivity contribution >= 4 is 0 Å². The quantitative estimate of drug-likeness (QED) is 0.683. The number of rotatable bonds is 2. The lowest BCUT2D eigenvalue weighted by Gasteiger charge is -2.38. The molecule has 0 radical (unpaired) electrons. The van der Waals surface area contributed by atoms with Gasteiger partial charge in [0.25, 0.3) is 0 Å². The van der Waals surface area contributed by atoms with Gasteiger partial charge in [-0.15, -0.1) is 0 Å². The zero-order chi connectivity index (χ0) is 14.9. The second-order valence-electron chi connectivity index (χ2n) is 8.77. The third kappa shape index (κ3) is 7.24. The predicted octanol–water partition coefficient (Wildman–Crippen LogP) is 5.09. The van der Waals surface area contributed by atoms with Gasteiger partial charge in [0.2, 0.25) is 0 Å². The zero-order valence-electron chi connectivity index (χ0n) is 13.4. The van der Waals surface area contributed by atoms with Crippen molar-refractivity contribution in [2.24, 2.45) is 10.8 Å². The van der Waals surface area contributed by atoms with Gasteiger partial charge in [-0.2, -0.15) is 0 Å². The molecule has 0 aromatic carbocycles. The third-order valence-electron chi connectivity index (χ3n) is 3.21. The Labute approximate surface area is 117 Å². The predicted molar refractivity (Wildman–Crippen MR) is 75.9 cm³/mol. The Bertz CT molecular complexity index is 288. The van der Waals surface area contributed by atoms with Gasteiger partial charge in [0.05, 0.1) is 13.2 Å². The Balaban J connectivity index is 0.000000191. The van der Waals surface area contributed by atoms with Crippen LogP contribution in [0.3, 0.4) is 0 Å². The normalized spacial score (nSPS) is 24.0. The number of ether oxygens (including phenoxy) is 1. The van der Waals surface area contributed by atoms with Crippen molar-refractivity contribution in [3.8, 4) is 0 Å². The van der Waals surface area contributed by atoms with Crippen LogP contribution < -0.4 is 0 Å². The van der Waals surface area contributed by atoms with E-state index in [0.717, 1.165) is 19.3 Å². The maximum atomic E-state index is 13.3. The fourth-order valence-electron chi connectivity index (χ4n) is 2.64. The monoisotopic (exact) mass is 276 g/mol. The van der Waals surface area contributed by atoms with Gasteiger partial charge in [-0.25, -0.2) is 8.78 Å². The van der Waals surface area contributed by atoms with Crippen LogP contribution in [-0.4, -0.2) is 24.6 Å². The van der Waals surface area contributed by atoms with Gasteiger partial charge in [0.1, 0.15) is 5.67 Å². The summed E-state index contributed by atoms with van der Waals surface area (Å²) in [5.74, 6) is 0. The van der Waals surface area contributed by atoms with Crippen molar-refractivity contribution in [2.45, 2.75) is 78.6 Å². The topological polar surface area (TPSA) is 9.23 Å². The van der Waals surface area contributed by atoms with Gasteiger partial charge < -0.3 is 4.74 Å². The summed E-state index contributed by atoms with van der Waals surface area (Å²) in [7, 11) is 0. The lowest BCUT2D eigenvalue weighted by molar-refractivity contribution is -0.145. The Kier molecular flexibility index (Phi) is 4.71. The van der Waals surface area contributed by atoms with E-state index in [1.54, 1.807) is 0 Å². The van der Waals surface area contributed by atoms with E-state index in [2.05, 4.69) is 20.8 Å². The Hall–Kier alpha value is -0.180. The second kappa shape index (κ2) is 5.31. The van der Waals surface area contributed by atoms with Crippen molar-refractivity contribution < 1.29 is 13.5 Å². The van der Waals surface area contributed by atoms with Gasteiger partial charge in [-0.1, -0.05) is 41.5 Å². The van der Waals surface area contributed by atoms with E-state index in [1.165, 1.54) is 0 Å². The Morgan fingerprint density at radius 3 is 1.26 bits per heavy atom. The number of hydrogen-bond acceptors (Lipinski definition) is 1. The Morgan fingerprint density at radius 2 is 1.16 bits per heavy atom. The molecule has 2 aliphatic rings. The van der Waals surface area contributed by atoms with E-state index < -0.39 is 11.3 Å². The standard InChI is InChI=1S/C8H15FO.C8H15F/c1-7(2,3)4-8(9)5-10-6-8;1-7(2,3)6-8(9)4-5-8/h4-6H2,1-3H3;4-6H2,1-3H3. The largest absolute Gasteiger partial charge is 0.375 e. The van der Waals surface area contributed by atoms with Crippen LogP contribution in [-0.2, 0) is 4.74 Å². The first kappa shape index (κ1) is 16.9. The molecule has 114 valence electrons. The number of hydrogen-bond donors (Lipinski definition) is 0. The maximum Gasteiger partial charge on any atom is 0.157 e. The highest BCUT2D eigenvalue weighted by atomic mass is 19.1. The van der Waals surface area contributed by atoms with Gasteiger partial charge in [0, 0.05) is 0 Å². The summed E-state index contributed by atoms with van der Waals surface area (Å²) >= 11 is 0. The molecule has 3 heteroatoms. The molecular weight excluding hydrogens is 246 g/mol. The molecule has 0 spiro atoms. The van der Waals surface area contributed by atoms with E-state index >= 15 is 0 Å². The van der Waals surface area contributed by atoms with Crippen molar-refractivity contribution in [1.82, 2.24) is 0 Å². The highest BCUT2D eigenvalue weighted by Gasteiger charge is 2.45. The van der Waals surface area contributed by atoms with E-state index in [0.29, 0.717) is 19.6 Å². The average molecular weight is 276 g/mol. The van der Waals surface area contributed by atoms with Gasteiger partial charge in [-0.3, -0.25) is 0 Å². The molecule has 0 bridgehead atoms. The van der Waals surface area contributed by atoms with E-state index in [1.807, 2.05) is 20.8 Å². The summed E-state index contributed by atoms with van der Waals surface area (Å²) in [5.41, 5.74) is -1.53. The van der Waals surface area contributed by atoms with Crippen LogP contribution >= 0.6 is 0 Å². The molecule has 0 aromatic rings. The van der Waals surface area contributed by atoms with Gasteiger partial charge in [-0.05, 0) is 36.5 Å². The molecule has 2 fully saturated rings. The molecule has 0 unspecified atom stereocenters. The van der Waals surface area contributed by atoms with E-state index in [4.69, 9.17) is 4.74 Å². The summed E-state index contributed by atoms with van der Waals surface area (Å²) in [6.07, 6.45) is 2.94. The molecule has 1 saturated heterocycles. The van der Waals surface area contributed by atoms with Gasteiger partial charge in [0.15, 0.2) is 5.67 Å². The van der Waals surface area contributed by atoms with E-state index in [9.17, 15) is 8.78 Å². The van der Waals surface area contributed by atoms with Crippen LogP contribution in [0.15, 0.2) is 0 Å². The maximum absolute atomic E-state index is 13.3. The molecule has 0 aromatic heterocycles. The first-order valence-corrected chi connectivity index (χ1v) is 7.28. The van der Waals surface area contributed by atoms with E-state index in [-0.39, 0.29) is 10.8 Å². The molecule has 19 heavy (non-hydrogen) atoms. The first-order chi connectivity index (χ1) is 8.33. The minimum Gasteiger partial charge on any atom is -0.375 e. The molecule has 2 rings (SSSR count). The summed E-state index contributed by atoms with van der Waals surface area (Å²) < 4.78 is 31.1. The van der Waals surface area contributed by atoms with Crippen molar-refractivity contribution in [2.75, 3.05) is 13.2 Å². The summed E-state index contributed by atoms with van der Waals surface area (Å²) in [5, 5.41) is 0. The highest BCUT2D eigenvalue weighted by molar-refractivity contribution is 4.96. The van der Waals surface area contributed by atoms with Crippen LogP contribution in [0.25, 0.3) is 0 Å². The molecule has 1 aliphatic carbocycles. The molecule has 0 amide bonds. The van der Waals surface area contributed by atoms with Crippen molar-refractivity contribution in [1.29, 1.82) is 0 Å². The minimum absolute atomic E-state index is 0.0819. The molecule has 1 heterocycles. The van der Waals surface area contributed by atoms with Crippen LogP contribution in [0.5, 0.6) is 0 Å². The van der Waals surface area contributed by atoms with Crippen LogP contribution in [0.4, 0.5) is 8.78 Å². The molecule has 0 N–H and O–H groups in total. The number of alkyl halides is 2. The minimum atomic E-state index is -1.02. The molecule has 0 atom stereocenters. The summed E-state index contributed by atoms with van der Waals surface area (Å²) in [6.45, 7) is 13.0. The fourth-order valence-corrected chi connectivity index (χ4v) is 2.64. The SMILES string of the molecule is CC(C)(C)CC1(F)CC1.CC(C)(C)CC1(F)COC1. The van der Waals surface area contributed by atoms with Crippen molar-refractivity contribution in [3.05, 3.63) is 0 Å². The zero-order valence-corrected chi connectivity index (χ0v) is 13.4. The molecule has 1 saturated carbocycles. The number of halogens is 2. The lowest BCUT2D eigenvalue weighted by Crippen LogP contribution is -2.47.